The van der Waals surface area contributed by atoms with E-state index in [1.54, 1.807) is 38.5 Å². The highest BCUT2D eigenvalue weighted by molar-refractivity contribution is 6.02. The molecular weight excluding hydrogens is 280 g/mol. The second kappa shape index (κ2) is 7.15. The van der Waals surface area contributed by atoms with Crippen molar-refractivity contribution < 1.29 is 18.9 Å². The molecular formula is C18H16O4. The van der Waals surface area contributed by atoms with E-state index in [0.717, 1.165) is 10.8 Å². The molecule has 0 aromatic heterocycles. The maximum atomic E-state index is 5.60. The molecule has 0 aliphatic rings. The molecule has 2 aromatic carbocycles. The molecule has 0 saturated heterocycles. The van der Waals surface area contributed by atoms with E-state index in [2.05, 4.69) is 11.8 Å². The number of fused-ring (bicyclic) bond motifs is 1. The molecule has 0 N–H and O–H groups in total. The number of ether oxygens (including phenoxy) is 4. The summed E-state index contributed by atoms with van der Waals surface area (Å²) in [6.07, 6.45) is 10.5. The minimum atomic E-state index is 0.153. The summed E-state index contributed by atoms with van der Waals surface area (Å²) in [4.78, 5) is 0. The van der Waals surface area contributed by atoms with Gasteiger partial charge in [0.2, 0.25) is 0 Å². The molecule has 112 valence electrons. The van der Waals surface area contributed by atoms with Crippen LogP contribution in [0, 0.1) is 24.7 Å². The minimum Gasteiger partial charge on any atom is -0.496 e. The lowest BCUT2D eigenvalue weighted by atomic mass is 10.1. The van der Waals surface area contributed by atoms with Crippen LogP contribution in [0.5, 0.6) is 23.0 Å². The van der Waals surface area contributed by atoms with Crippen LogP contribution in [-0.2, 0) is 0 Å². The monoisotopic (exact) mass is 296 g/mol. The third-order valence-corrected chi connectivity index (χ3v) is 3.07. The Morgan fingerprint density at radius 3 is 1.41 bits per heavy atom. The number of terminal acetylenes is 2. The second-order valence-corrected chi connectivity index (χ2v) is 4.27. The summed E-state index contributed by atoms with van der Waals surface area (Å²) in [5.41, 5.74) is 0. The van der Waals surface area contributed by atoms with E-state index in [1.165, 1.54) is 0 Å². The Bertz CT molecular complexity index is 686. The number of benzene rings is 2. The van der Waals surface area contributed by atoms with E-state index in [-0.39, 0.29) is 13.2 Å². The van der Waals surface area contributed by atoms with Crippen LogP contribution in [0.15, 0.2) is 24.3 Å². The van der Waals surface area contributed by atoms with Crippen molar-refractivity contribution in [3.05, 3.63) is 24.3 Å². The predicted molar refractivity (Wildman–Crippen MR) is 85.7 cm³/mol. The van der Waals surface area contributed by atoms with E-state index < -0.39 is 0 Å². The fourth-order valence-electron chi connectivity index (χ4n) is 2.19. The number of rotatable bonds is 6. The van der Waals surface area contributed by atoms with Gasteiger partial charge in [-0.15, -0.1) is 12.8 Å². The van der Waals surface area contributed by atoms with E-state index in [0.29, 0.717) is 23.0 Å². The van der Waals surface area contributed by atoms with Gasteiger partial charge in [-0.2, -0.15) is 0 Å². The third-order valence-electron chi connectivity index (χ3n) is 3.07. The van der Waals surface area contributed by atoms with Crippen molar-refractivity contribution in [2.75, 3.05) is 27.4 Å². The largest absolute Gasteiger partial charge is 0.496 e. The summed E-state index contributed by atoms with van der Waals surface area (Å²) in [5, 5.41) is 1.46. The van der Waals surface area contributed by atoms with Crippen molar-refractivity contribution >= 4 is 10.8 Å². The molecule has 22 heavy (non-hydrogen) atoms. The average molecular weight is 296 g/mol. The van der Waals surface area contributed by atoms with Gasteiger partial charge >= 0.3 is 0 Å². The highest BCUT2D eigenvalue weighted by Crippen LogP contribution is 2.44. The van der Waals surface area contributed by atoms with Gasteiger partial charge in [-0.25, -0.2) is 0 Å². The molecule has 0 heterocycles. The zero-order valence-electron chi connectivity index (χ0n) is 12.5. The van der Waals surface area contributed by atoms with Crippen molar-refractivity contribution in [2.24, 2.45) is 0 Å². The number of hydrogen-bond acceptors (Lipinski definition) is 4. The van der Waals surface area contributed by atoms with E-state index in [9.17, 15) is 0 Å². The molecule has 0 bridgehead atoms. The first-order chi connectivity index (χ1) is 10.8. The summed E-state index contributed by atoms with van der Waals surface area (Å²) in [7, 11) is 3.17. The Balaban J connectivity index is 2.74. The Morgan fingerprint density at radius 2 is 1.09 bits per heavy atom. The molecule has 4 nitrogen and oxygen atoms in total. The van der Waals surface area contributed by atoms with Crippen molar-refractivity contribution in [1.29, 1.82) is 0 Å². The van der Waals surface area contributed by atoms with E-state index >= 15 is 0 Å². The molecule has 0 fully saturated rings. The Kier molecular flexibility index (Phi) is 5.01. The van der Waals surface area contributed by atoms with Gasteiger partial charge in [0.25, 0.3) is 0 Å². The molecule has 0 spiro atoms. The normalized spacial score (nSPS) is 9.64. The summed E-state index contributed by atoms with van der Waals surface area (Å²) in [5.74, 6) is 7.34. The maximum Gasteiger partial charge on any atom is 0.148 e. The van der Waals surface area contributed by atoms with Gasteiger partial charge in [0.15, 0.2) is 0 Å². The average Bonchev–Trinajstić information content (AvgIpc) is 2.57. The first-order valence-corrected chi connectivity index (χ1v) is 6.57. The summed E-state index contributed by atoms with van der Waals surface area (Å²) in [6, 6.07) is 7.14. The molecule has 2 rings (SSSR count). The smallest absolute Gasteiger partial charge is 0.148 e. The predicted octanol–water partition coefficient (Wildman–Crippen LogP) is 2.88. The fraction of sp³-hybridized carbons (Fsp3) is 0.222. The fourth-order valence-corrected chi connectivity index (χ4v) is 2.19. The molecule has 0 atom stereocenters. The van der Waals surface area contributed by atoms with Crippen LogP contribution in [0.25, 0.3) is 10.8 Å². The lowest BCUT2D eigenvalue weighted by molar-refractivity contribution is 0.360. The van der Waals surface area contributed by atoms with Crippen LogP contribution in [0.2, 0.25) is 0 Å². The van der Waals surface area contributed by atoms with Crippen LogP contribution >= 0.6 is 0 Å². The quantitative estimate of drug-likeness (QED) is 0.768. The van der Waals surface area contributed by atoms with Crippen molar-refractivity contribution in [2.45, 2.75) is 0 Å². The topological polar surface area (TPSA) is 36.9 Å². The first kappa shape index (κ1) is 15.4. The van der Waals surface area contributed by atoms with Gasteiger partial charge in [0.05, 0.1) is 25.0 Å². The lowest BCUT2D eigenvalue weighted by Gasteiger charge is -2.16. The maximum absolute atomic E-state index is 5.60. The Hall–Kier alpha value is -2.98. The van der Waals surface area contributed by atoms with Crippen LogP contribution in [0.3, 0.4) is 0 Å². The van der Waals surface area contributed by atoms with Gasteiger partial charge in [-0.3, -0.25) is 0 Å². The minimum absolute atomic E-state index is 0.153. The SMILES string of the molecule is C#CCOc1ccc(OCC#C)c2c(OC)ccc(OC)c12. The molecule has 0 saturated carbocycles. The lowest BCUT2D eigenvalue weighted by Crippen LogP contribution is -2.00. The molecule has 4 heteroatoms. The van der Waals surface area contributed by atoms with Gasteiger partial charge in [-0.1, -0.05) is 11.8 Å². The Morgan fingerprint density at radius 1 is 0.727 bits per heavy atom. The van der Waals surface area contributed by atoms with Gasteiger partial charge in [0, 0.05) is 0 Å². The van der Waals surface area contributed by atoms with Crippen LogP contribution in [-0.4, -0.2) is 27.4 Å². The van der Waals surface area contributed by atoms with Crippen molar-refractivity contribution in [3.8, 4) is 47.7 Å². The Labute approximate surface area is 129 Å². The third kappa shape index (κ3) is 2.87. The van der Waals surface area contributed by atoms with Crippen LogP contribution < -0.4 is 18.9 Å². The zero-order valence-corrected chi connectivity index (χ0v) is 12.5. The highest BCUT2D eigenvalue weighted by atomic mass is 16.5. The van der Waals surface area contributed by atoms with Crippen molar-refractivity contribution in [3.63, 3.8) is 0 Å². The van der Waals surface area contributed by atoms with E-state index in [1.807, 2.05) is 0 Å². The molecule has 2 aromatic rings. The van der Waals surface area contributed by atoms with Crippen LogP contribution in [0.4, 0.5) is 0 Å². The van der Waals surface area contributed by atoms with Gasteiger partial charge in [0.1, 0.15) is 36.2 Å². The molecule has 0 amide bonds. The van der Waals surface area contributed by atoms with Gasteiger partial charge < -0.3 is 18.9 Å². The molecule has 0 aliphatic heterocycles. The summed E-state index contributed by atoms with van der Waals surface area (Å²) in [6.45, 7) is 0.306. The zero-order chi connectivity index (χ0) is 15.9. The summed E-state index contributed by atoms with van der Waals surface area (Å²) < 4.78 is 22.1. The number of hydrogen-bond donors (Lipinski definition) is 0. The molecule has 0 aliphatic carbocycles. The van der Waals surface area contributed by atoms with Gasteiger partial charge in [-0.05, 0) is 24.3 Å². The summed E-state index contributed by atoms with van der Waals surface area (Å²) >= 11 is 0. The first-order valence-electron chi connectivity index (χ1n) is 6.57. The second-order valence-electron chi connectivity index (χ2n) is 4.27. The number of methoxy groups -OCH3 is 2. The van der Waals surface area contributed by atoms with Crippen molar-refractivity contribution in [1.82, 2.24) is 0 Å². The standard InChI is InChI=1S/C18H16O4/c1-5-11-21-15-9-10-16(22-12-6-2)18-14(20-4)8-7-13(19-3)17(15)18/h1-2,7-10H,11-12H2,3-4H3. The van der Waals surface area contributed by atoms with Crippen LogP contribution in [0.1, 0.15) is 0 Å². The molecule has 0 radical (unpaired) electrons. The highest BCUT2D eigenvalue weighted by Gasteiger charge is 2.17. The molecule has 0 unspecified atom stereocenters. The van der Waals surface area contributed by atoms with E-state index in [4.69, 9.17) is 31.8 Å².